The van der Waals surface area contributed by atoms with Crippen molar-refractivity contribution in [1.82, 2.24) is 5.32 Å². The van der Waals surface area contributed by atoms with Crippen molar-refractivity contribution in [3.63, 3.8) is 0 Å². The van der Waals surface area contributed by atoms with Gasteiger partial charge in [-0.2, -0.15) is 0 Å². The number of nitrogens with one attached hydrogen (secondary N) is 1. The number of ether oxygens (including phenoxy) is 2. The van der Waals surface area contributed by atoms with Crippen molar-refractivity contribution < 1.29 is 14.3 Å². The predicted molar refractivity (Wildman–Crippen MR) is 80.3 cm³/mol. The van der Waals surface area contributed by atoms with Gasteiger partial charge < -0.3 is 14.8 Å². The predicted octanol–water partition coefficient (Wildman–Crippen LogP) is 2.40. The molecule has 3 unspecified atom stereocenters. The molecule has 0 aliphatic heterocycles. The molecule has 0 spiro atoms. The van der Waals surface area contributed by atoms with E-state index in [0.29, 0.717) is 25.0 Å². The first-order chi connectivity index (χ1) is 10.3. The van der Waals surface area contributed by atoms with Gasteiger partial charge in [0.25, 0.3) is 0 Å². The third kappa shape index (κ3) is 3.20. The van der Waals surface area contributed by atoms with E-state index in [-0.39, 0.29) is 11.8 Å². The van der Waals surface area contributed by atoms with E-state index in [1.54, 1.807) is 7.11 Å². The highest BCUT2D eigenvalue weighted by Crippen LogP contribution is 2.43. The molecule has 1 N–H and O–H groups in total. The van der Waals surface area contributed by atoms with E-state index in [1.807, 2.05) is 24.3 Å². The molecule has 1 amide bonds. The van der Waals surface area contributed by atoms with Gasteiger partial charge in [-0.3, -0.25) is 4.79 Å². The van der Waals surface area contributed by atoms with Gasteiger partial charge in [0.15, 0.2) is 0 Å². The molecule has 0 heterocycles. The molecule has 0 saturated heterocycles. The Bertz CT molecular complexity index is 523. The molecule has 2 bridgehead atoms. The highest BCUT2D eigenvalue weighted by Gasteiger charge is 2.39. The Balaban J connectivity index is 1.38. The smallest absolute Gasteiger partial charge is 0.223 e. The zero-order chi connectivity index (χ0) is 14.7. The highest BCUT2D eigenvalue weighted by atomic mass is 16.5. The van der Waals surface area contributed by atoms with Gasteiger partial charge in [0, 0.05) is 5.92 Å². The summed E-state index contributed by atoms with van der Waals surface area (Å²) in [6.07, 6.45) is 6.61. The van der Waals surface area contributed by atoms with Crippen molar-refractivity contribution in [2.24, 2.45) is 17.8 Å². The van der Waals surface area contributed by atoms with Gasteiger partial charge in [-0.05, 0) is 48.9 Å². The van der Waals surface area contributed by atoms with E-state index >= 15 is 0 Å². The van der Waals surface area contributed by atoms with Gasteiger partial charge in [0.1, 0.15) is 18.1 Å². The molecule has 4 nitrogen and oxygen atoms in total. The van der Waals surface area contributed by atoms with Crippen LogP contribution in [0.1, 0.15) is 12.8 Å². The van der Waals surface area contributed by atoms with Crippen molar-refractivity contribution in [3.8, 4) is 11.5 Å². The van der Waals surface area contributed by atoms with Crippen molar-refractivity contribution in [2.45, 2.75) is 12.8 Å². The lowest BCUT2D eigenvalue weighted by molar-refractivity contribution is -0.125. The molecule has 1 aromatic carbocycles. The molecule has 1 fully saturated rings. The van der Waals surface area contributed by atoms with Crippen LogP contribution in [0.4, 0.5) is 0 Å². The minimum absolute atomic E-state index is 0.168. The second-order valence-electron chi connectivity index (χ2n) is 5.70. The van der Waals surface area contributed by atoms with Crippen molar-refractivity contribution >= 4 is 5.91 Å². The normalized spacial score (nSPS) is 25.9. The van der Waals surface area contributed by atoms with E-state index in [4.69, 9.17) is 9.47 Å². The van der Waals surface area contributed by atoms with E-state index in [0.717, 1.165) is 24.3 Å². The van der Waals surface area contributed by atoms with Crippen LogP contribution in [0.2, 0.25) is 0 Å². The third-order valence-electron chi connectivity index (χ3n) is 4.35. The van der Waals surface area contributed by atoms with E-state index in [9.17, 15) is 4.79 Å². The summed E-state index contributed by atoms with van der Waals surface area (Å²) in [6, 6.07) is 7.44. The number of methoxy groups -OCH3 is 1. The third-order valence-corrected chi connectivity index (χ3v) is 4.35. The van der Waals surface area contributed by atoms with Gasteiger partial charge in [0.05, 0.1) is 13.7 Å². The van der Waals surface area contributed by atoms with Crippen molar-refractivity contribution in [1.29, 1.82) is 0 Å². The minimum atomic E-state index is 0.168. The zero-order valence-electron chi connectivity index (χ0n) is 12.2. The number of rotatable bonds is 6. The fourth-order valence-electron chi connectivity index (χ4n) is 3.23. The van der Waals surface area contributed by atoms with Crippen LogP contribution in [0, 0.1) is 17.8 Å². The summed E-state index contributed by atoms with van der Waals surface area (Å²) < 4.78 is 10.7. The zero-order valence-corrected chi connectivity index (χ0v) is 12.2. The van der Waals surface area contributed by atoms with Gasteiger partial charge >= 0.3 is 0 Å². The second kappa shape index (κ2) is 6.20. The van der Waals surface area contributed by atoms with Crippen LogP contribution in [0.3, 0.4) is 0 Å². The fraction of sp³-hybridized carbons (Fsp3) is 0.471. The van der Waals surface area contributed by atoms with Crippen LogP contribution >= 0.6 is 0 Å². The number of amides is 1. The fourth-order valence-corrected chi connectivity index (χ4v) is 3.23. The van der Waals surface area contributed by atoms with Crippen LogP contribution in [-0.4, -0.2) is 26.2 Å². The summed E-state index contributed by atoms with van der Waals surface area (Å²) in [5, 5.41) is 2.98. The standard InChI is InChI=1S/C17H21NO3/c1-20-14-4-6-15(7-5-14)21-9-8-18-17(19)16-11-12-2-3-13(16)10-12/h2-7,12-13,16H,8-11H2,1H3,(H,18,19). The molecule has 112 valence electrons. The number of benzene rings is 1. The number of carbonyl (C=O) groups is 1. The summed E-state index contributed by atoms with van der Waals surface area (Å²) in [5.74, 6) is 3.01. The Morgan fingerprint density at radius 2 is 1.95 bits per heavy atom. The van der Waals surface area contributed by atoms with Crippen molar-refractivity contribution in [3.05, 3.63) is 36.4 Å². The average Bonchev–Trinajstić information content (AvgIpc) is 3.15. The maximum absolute atomic E-state index is 12.1. The lowest BCUT2D eigenvalue weighted by Crippen LogP contribution is -2.35. The molecule has 2 aliphatic rings. The Morgan fingerprint density at radius 1 is 1.19 bits per heavy atom. The van der Waals surface area contributed by atoms with Gasteiger partial charge in [-0.25, -0.2) is 0 Å². The van der Waals surface area contributed by atoms with Crippen LogP contribution < -0.4 is 14.8 Å². The van der Waals surface area contributed by atoms with E-state index in [2.05, 4.69) is 17.5 Å². The Hall–Kier alpha value is -1.97. The molecule has 0 radical (unpaired) electrons. The van der Waals surface area contributed by atoms with Gasteiger partial charge in [-0.1, -0.05) is 12.2 Å². The molecule has 1 aromatic rings. The Labute approximate surface area is 125 Å². The summed E-state index contributed by atoms with van der Waals surface area (Å²) >= 11 is 0. The first-order valence-corrected chi connectivity index (χ1v) is 7.49. The summed E-state index contributed by atoms with van der Waals surface area (Å²) in [4.78, 5) is 12.1. The van der Waals surface area contributed by atoms with Crippen LogP contribution in [0.5, 0.6) is 11.5 Å². The molecular formula is C17H21NO3. The summed E-state index contributed by atoms with van der Waals surface area (Å²) in [5.41, 5.74) is 0. The largest absolute Gasteiger partial charge is 0.497 e. The number of hydrogen-bond acceptors (Lipinski definition) is 3. The minimum Gasteiger partial charge on any atom is -0.497 e. The van der Waals surface area contributed by atoms with Gasteiger partial charge in [0.2, 0.25) is 5.91 Å². The molecule has 2 aliphatic carbocycles. The maximum Gasteiger partial charge on any atom is 0.223 e. The van der Waals surface area contributed by atoms with Crippen LogP contribution in [-0.2, 0) is 4.79 Å². The number of allylic oxidation sites excluding steroid dienone is 2. The Kier molecular flexibility index (Phi) is 4.13. The lowest BCUT2D eigenvalue weighted by atomic mass is 9.93. The molecule has 21 heavy (non-hydrogen) atoms. The Morgan fingerprint density at radius 3 is 2.57 bits per heavy atom. The number of carbonyl (C=O) groups excluding carboxylic acids is 1. The molecule has 1 saturated carbocycles. The summed E-state index contributed by atoms with van der Waals surface area (Å²) in [6.45, 7) is 1.02. The van der Waals surface area contributed by atoms with Crippen LogP contribution in [0.15, 0.2) is 36.4 Å². The topological polar surface area (TPSA) is 47.6 Å². The number of fused-ring (bicyclic) bond motifs is 2. The molecule has 0 aromatic heterocycles. The SMILES string of the molecule is COc1ccc(OCCNC(=O)C2CC3C=CC2C3)cc1. The molecule has 3 rings (SSSR count). The first kappa shape index (κ1) is 14.0. The summed E-state index contributed by atoms with van der Waals surface area (Å²) in [7, 11) is 1.64. The maximum atomic E-state index is 12.1. The average molecular weight is 287 g/mol. The quantitative estimate of drug-likeness (QED) is 0.645. The molecule has 3 atom stereocenters. The lowest BCUT2D eigenvalue weighted by Gasteiger charge is -2.17. The monoisotopic (exact) mass is 287 g/mol. The first-order valence-electron chi connectivity index (χ1n) is 7.49. The van der Waals surface area contributed by atoms with Gasteiger partial charge in [-0.15, -0.1) is 0 Å². The molecular weight excluding hydrogens is 266 g/mol. The van der Waals surface area contributed by atoms with E-state index < -0.39 is 0 Å². The van der Waals surface area contributed by atoms with E-state index in [1.165, 1.54) is 0 Å². The van der Waals surface area contributed by atoms with Crippen molar-refractivity contribution in [2.75, 3.05) is 20.3 Å². The highest BCUT2D eigenvalue weighted by molar-refractivity contribution is 5.79. The number of hydrogen-bond donors (Lipinski definition) is 1. The van der Waals surface area contributed by atoms with Crippen LogP contribution in [0.25, 0.3) is 0 Å². The molecule has 4 heteroatoms. The second-order valence-corrected chi connectivity index (χ2v) is 5.70.